The molecule has 29 heavy (non-hydrogen) atoms. The van der Waals surface area contributed by atoms with Gasteiger partial charge in [0.1, 0.15) is 33.8 Å². The summed E-state index contributed by atoms with van der Waals surface area (Å²) < 4.78 is 52.2. The largest absolute Gasteiger partial charge is 0.495 e. The molecule has 1 aliphatic rings. The molecule has 0 bridgehead atoms. The summed E-state index contributed by atoms with van der Waals surface area (Å²) in [5.41, 5.74) is 0.787. The van der Waals surface area contributed by atoms with Crippen LogP contribution in [-0.2, 0) is 10.0 Å². The maximum Gasteiger partial charge on any atom is 0.246 e. The number of ether oxygens (including phenoxy) is 2. The molecule has 0 atom stereocenters. The molecule has 0 aliphatic carbocycles. The first-order chi connectivity index (χ1) is 14.0. The highest BCUT2D eigenvalue weighted by molar-refractivity contribution is 7.89. The van der Waals surface area contributed by atoms with Gasteiger partial charge in [-0.25, -0.2) is 12.8 Å². The van der Waals surface area contributed by atoms with E-state index in [-0.39, 0.29) is 29.8 Å². The van der Waals surface area contributed by atoms with Crippen LogP contribution < -0.4 is 9.47 Å². The van der Waals surface area contributed by atoms with E-state index in [1.807, 2.05) is 30.3 Å². The number of rotatable bonds is 5. The zero-order valence-electron chi connectivity index (χ0n) is 15.9. The van der Waals surface area contributed by atoms with Gasteiger partial charge in [0.15, 0.2) is 0 Å². The van der Waals surface area contributed by atoms with Gasteiger partial charge in [-0.3, -0.25) is 4.98 Å². The van der Waals surface area contributed by atoms with Gasteiger partial charge in [0, 0.05) is 24.7 Å². The molecule has 6 nitrogen and oxygen atoms in total. The molecule has 0 unspecified atom stereocenters. The monoisotopic (exact) mass is 416 g/mol. The minimum atomic E-state index is -3.86. The van der Waals surface area contributed by atoms with Gasteiger partial charge in [-0.05, 0) is 43.2 Å². The molecule has 4 rings (SSSR count). The average Bonchev–Trinajstić information content (AvgIpc) is 2.74. The lowest BCUT2D eigenvalue weighted by atomic mass is 10.1. The van der Waals surface area contributed by atoms with Crippen LogP contribution in [0.25, 0.3) is 10.9 Å². The molecule has 1 aliphatic heterocycles. The number of piperidine rings is 1. The Bertz CT molecular complexity index is 1120. The second-order valence-electron chi connectivity index (χ2n) is 6.85. The Morgan fingerprint density at radius 3 is 2.59 bits per heavy atom. The number of methoxy groups -OCH3 is 1. The lowest BCUT2D eigenvalue weighted by molar-refractivity contribution is 0.136. The van der Waals surface area contributed by atoms with Crippen molar-refractivity contribution in [2.24, 2.45) is 0 Å². The highest BCUT2D eigenvalue weighted by Crippen LogP contribution is 2.31. The van der Waals surface area contributed by atoms with Crippen molar-refractivity contribution < 1.29 is 22.3 Å². The molecule has 152 valence electrons. The molecular formula is C21H21FN2O4S. The second-order valence-corrected chi connectivity index (χ2v) is 8.75. The summed E-state index contributed by atoms with van der Waals surface area (Å²) in [5, 5.41) is 0.989. The van der Waals surface area contributed by atoms with Crippen molar-refractivity contribution in [3.63, 3.8) is 0 Å². The predicted molar refractivity (Wildman–Crippen MR) is 107 cm³/mol. The number of benzene rings is 2. The van der Waals surface area contributed by atoms with E-state index in [1.54, 1.807) is 6.20 Å². The summed E-state index contributed by atoms with van der Waals surface area (Å²) in [6.45, 7) is 0.565. The number of hydrogen-bond donors (Lipinski definition) is 0. The fourth-order valence-corrected chi connectivity index (χ4v) is 5.17. The Labute approximate surface area is 168 Å². The van der Waals surface area contributed by atoms with Crippen LogP contribution in [0.1, 0.15) is 12.8 Å². The van der Waals surface area contributed by atoms with Crippen LogP contribution in [0.3, 0.4) is 0 Å². The van der Waals surface area contributed by atoms with Crippen molar-refractivity contribution in [3.8, 4) is 11.5 Å². The normalized spacial score (nSPS) is 16.1. The van der Waals surface area contributed by atoms with Crippen LogP contribution in [0, 0.1) is 5.82 Å². The molecule has 0 N–H and O–H groups in total. The van der Waals surface area contributed by atoms with Crippen LogP contribution in [0.2, 0.25) is 0 Å². The van der Waals surface area contributed by atoms with E-state index < -0.39 is 15.8 Å². The molecule has 2 aromatic carbocycles. The second kappa shape index (κ2) is 7.96. The Kier molecular flexibility index (Phi) is 5.38. The van der Waals surface area contributed by atoms with E-state index in [0.717, 1.165) is 17.0 Å². The van der Waals surface area contributed by atoms with Crippen LogP contribution in [0.5, 0.6) is 11.5 Å². The van der Waals surface area contributed by atoms with Crippen molar-refractivity contribution in [2.75, 3.05) is 20.2 Å². The Morgan fingerprint density at radius 2 is 1.83 bits per heavy atom. The first-order valence-electron chi connectivity index (χ1n) is 9.33. The Balaban J connectivity index is 1.49. The third-order valence-electron chi connectivity index (χ3n) is 5.03. The fourth-order valence-electron chi connectivity index (χ4n) is 3.53. The van der Waals surface area contributed by atoms with Gasteiger partial charge in [0.25, 0.3) is 0 Å². The maximum atomic E-state index is 13.6. The summed E-state index contributed by atoms with van der Waals surface area (Å²) in [5.74, 6) is 0.203. The third kappa shape index (κ3) is 3.90. The molecule has 0 radical (unpaired) electrons. The average molecular weight is 416 g/mol. The first kappa shape index (κ1) is 19.6. The van der Waals surface area contributed by atoms with E-state index in [2.05, 4.69) is 4.98 Å². The number of pyridine rings is 1. The van der Waals surface area contributed by atoms with E-state index in [4.69, 9.17) is 9.47 Å². The predicted octanol–water partition coefficient (Wildman–Crippen LogP) is 3.61. The number of fused-ring (bicyclic) bond motifs is 1. The number of aromatic nitrogens is 1. The van der Waals surface area contributed by atoms with Crippen molar-refractivity contribution in [1.29, 1.82) is 0 Å². The summed E-state index contributed by atoms with van der Waals surface area (Å²) in [7, 11) is -2.49. The van der Waals surface area contributed by atoms with Gasteiger partial charge >= 0.3 is 0 Å². The quantitative estimate of drug-likeness (QED) is 0.636. The molecule has 3 aromatic rings. The minimum absolute atomic E-state index is 0.122. The molecule has 0 spiro atoms. The molecule has 0 amide bonds. The smallest absolute Gasteiger partial charge is 0.246 e. The van der Waals surface area contributed by atoms with Crippen molar-refractivity contribution >= 4 is 20.9 Å². The van der Waals surface area contributed by atoms with Crippen LogP contribution in [0.4, 0.5) is 4.39 Å². The standard InChI is InChI=1S/C21H21FN2O4S/c1-27-18-8-7-16(22)14-20(18)29(25,26)24-12-9-17(10-13-24)28-19-6-2-4-15-5-3-11-23-21(15)19/h2-8,11,14,17H,9-10,12-13H2,1H3. The molecule has 1 fully saturated rings. The van der Waals surface area contributed by atoms with Crippen molar-refractivity contribution in [1.82, 2.24) is 9.29 Å². The Hall–Kier alpha value is -2.71. The number of halogens is 1. The lowest BCUT2D eigenvalue weighted by Gasteiger charge is -2.31. The van der Waals surface area contributed by atoms with E-state index >= 15 is 0 Å². The van der Waals surface area contributed by atoms with Gasteiger partial charge in [-0.15, -0.1) is 0 Å². The lowest BCUT2D eigenvalue weighted by Crippen LogP contribution is -2.41. The van der Waals surface area contributed by atoms with Gasteiger partial charge in [-0.1, -0.05) is 18.2 Å². The van der Waals surface area contributed by atoms with Crippen molar-refractivity contribution in [3.05, 3.63) is 60.5 Å². The summed E-state index contributed by atoms with van der Waals surface area (Å²) in [4.78, 5) is 4.23. The minimum Gasteiger partial charge on any atom is -0.495 e. The summed E-state index contributed by atoms with van der Waals surface area (Å²) >= 11 is 0. The van der Waals surface area contributed by atoms with Gasteiger partial charge in [0.2, 0.25) is 10.0 Å². The first-order valence-corrected chi connectivity index (χ1v) is 10.8. The summed E-state index contributed by atoms with van der Waals surface area (Å²) in [6, 6.07) is 13.1. The fraction of sp³-hybridized carbons (Fsp3) is 0.286. The van der Waals surface area contributed by atoms with Gasteiger partial charge in [0.05, 0.1) is 7.11 Å². The highest BCUT2D eigenvalue weighted by atomic mass is 32.2. The van der Waals surface area contributed by atoms with Gasteiger partial charge in [-0.2, -0.15) is 4.31 Å². The van der Waals surface area contributed by atoms with Gasteiger partial charge < -0.3 is 9.47 Å². The molecule has 1 aromatic heterocycles. The zero-order valence-corrected chi connectivity index (χ0v) is 16.7. The number of nitrogens with zero attached hydrogens (tertiary/aromatic N) is 2. The number of sulfonamides is 1. The van der Waals surface area contributed by atoms with Crippen LogP contribution >= 0.6 is 0 Å². The number of para-hydroxylation sites is 1. The van der Waals surface area contributed by atoms with Crippen molar-refractivity contribution in [2.45, 2.75) is 23.8 Å². The molecule has 2 heterocycles. The van der Waals surface area contributed by atoms with E-state index in [1.165, 1.54) is 23.5 Å². The number of hydrogen-bond acceptors (Lipinski definition) is 5. The SMILES string of the molecule is COc1ccc(F)cc1S(=O)(=O)N1CCC(Oc2cccc3cccnc23)CC1. The molecular weight excluding hydrogens is 395 g/mol. The van der Waals surface area contributed by atoms with E-state index in [9.17, 15) is 12.8 Å². The molecule has 8 heteroatoms. The third-order valence-corrected chi connectivity index (χ3v) is 6.95. The van der Waals surface area contributed by atoms with Crippen LogP contribution in [0.15, 0.2) is 59.6 Å². The Morgan fingerprint density at radius 1 is 1.07 bits per heavy atom. The maximum absolute atomic E-state index is 13.6. The summed E-state index contributed by atoms with van der Waals surface area (Å²) in [6.07, 6.45) is 2.65. The zero-order chi connectivity index (χ0) is 20.4. The van der Waals surface area contributed by atoms with Crippen LogP contribution in [-0.4, -0.2) is 44.0 Å². The molecule has 1 saturated heterocycles. The van der Waals surface area contributed by atoms with E-state index in [0.29, 0.717) is 18.6 Å². The molecule has 0 saturated carbocycles. The highest BCUT2D eigenvalue weighted by Gasteiger charge is 2.32. The topological polar surface area (TPSA) is 68.7 Å².